The van der Waals surface area contributed by atoms with Crippen LogP contribution in [0.15, 0.2) is 24.3 Å². The summed E-state index contributed by atoms with van der Waals surface area (Å²) in [7, 11) is 0. The Bertz CT molecular complexity index is 688. The summed E-state index contributed by atoms with van der Waals surface area (Å²) in [6.07, 6.45) is 3.95. The van der Waals surface area contributed by atoms with Crippen LogP contribution in [0.25, 0.3) is 0 Å². The van der Waals surface area contributed by atoms with Crippen molar-refractivity contribution in [2.45, 2.75) is 57.1 Å². The smallest absolute Gasteiger partial charge is 0.289 e. The van der Waals surface area contributed by atoms with Crippen molar-refractivity contribution in [1.82, 2.24) is 10.4 Å². The maximum atomic E-state index is 12.3. The standard InChI is InChI=1S/C19H24N2O5S/c1-2-5-15-18(23)21(19(24)27-15)12-13-7-9-14(10-8-13)17(22)20-26-16-6-3-4-11-25-16/h7-10,15-16H,2-6,11-12H2,1H3,(H,20,22). The minimum atomic E-state index is -0.400. The van der Waals surface area contributed by atoms with Gasteiger partial charge in [-0.25, -0.2) is 10.3 Å². The van der Waals surface area contributed by atoms with Gasteiger partial charge in [0.1, 0.15) is 0 Å². The number of amides is 3. The van der Waals surface area contributed by atoms with Gasteiger partial charge in [-0.2, -0.15) is 0 Å². The second-order valence-electron chi connectivity index (χ2n) is 6.63. The van der Waals surface area contributed by atoms with E-state index in [1.54, 1.807) is 24.3 Å². The molecule has 0 saturated carbocycles. The predicted molar refractivity (Wildman–Crippen MR) is 101 cm³/mol. The molecule has 0 aromatic heterocycles. The van der Waals surface area contributed by atoms with Crippen LogP contribution in [0.4, 0.5) is 4.79 Å². The molecule has 2 atom stereocenters. The number of hydroxylamine groups is 1. The van der Waals surface area contributed by atoms with Crippen LogP contribution in [0.2, 0.25) is 0 Å². The van der Waals surface area contributed by atoms with Gasteiger partial charge in [-0.1, -0.05) is 37.2 Å². The Morgan fingerprint density at radius 2 is 2.07 bits per heavy atom. The van der Waals surface area contributed by atoms with Crippen LogP contribution in [-0.2, 0) is 20.9 Å². The van der Waals surface area contributed by atoms with Gasteiger partial charge in [0.05, 0.1) is 11.8 Å². The molecule has 2 unspecified atom stereocenters. The molecule has 2 saturated heterocycles. The van der Waals surface area contributed by atoms with E-state index >= 15 is 0 Å². The zero-order valence-corrected chi connectivity index (χ0v) is 16.1. The van der Waals surface area contributed by atoms with Crippen molar-refractivity contribution in [1.29, 1.82) is 0 Å². The van der Waals surface area contributed by atoms with Crippen molar-refractivity contribution in [3.05, 3.63) is 35.4 Å². The van der Waals surface area contributed by atoms with Gasteiger partial charge >= 0.3 is 0 Å². The molecule has 2 aliphatic heterocycles. The first-order valence-electron chi connectivity index (χ1n) is 9.27. The van der Waals surface area contributed by atoms with Gasteiger partial charge in [0.25, 0.3) is 11.1 Å². The molecule has 1 N–H and O–H groups in total. The summed E-state index contributed by atoms with van der Waals surface area (Å²) in [5.74, 6) is -0.489. The Morgan fingerprint density at radius 3 is 2.74 bits per heavy atom. The molecule has 3 amide bonds. The highest BCUT2D eigenvalue weighted by Crippen LogP contribution is 2.31. The van der Waals surface area contributed by atoms with E-state index in [4.69, 9.17) is 9.57 Å². The lowest BCUT2D eigenvalue weighted by Crippen LogP contribution is -2.33. The molecule has 1 aromatic rings. The lowest BCUT2D eigenvalue weighted by molar-refractivity contribution is -0.186. The number of imide groups is 1. The summed E-state index contributed by atoms with van der Waals surface area (Å²) >= 11 is 1.10. The van der Waals surface area contributed by atoms with Crippen LogP contribution in [-0.4, -0.2) is 40.1 Å². The molecule has 8 heteroatoms. The highest BCUT2D eigenvalue weighted by molar-refractivity contribution is 8.15. The van der Waals surface area contributed by atoms with E-state index in [2.05, 4.69) is 5.48 Å². The monoisotopic (exact) mass is 392 g/mol. The minimum Gasteiger partial charge on any atom is -0.350 e. The van der Waals surface area contributed by atoms with Gasteiger partial charge in [-0.15, -0.1) is 0 Å². The topological polar surface area (TPSA) is 84.9 Å². The van der Waals surface area contributed by atoms with Crippen molar-refractivity contribution in [3.63, 3.8) is 0 Å². The number of hydrogen-bond donors (Lipinski definition) is 1. The van der Waals surface area contributed by atoms with Gasteiger partial charge in [0, 0.05) is 18.6 Å². The van der Waals surface area contributed by atoms with Crippen LogP contribution >= 0.6 is 11.8 Å². The Morgan fingerprint density at radius 1 is 1.30 bits per heavy atom. The summed E-state index contributed by atoms with van der Waals surface area (Å²) in [6, 6.07) is 6.78. The molecule has 0 aliphatic carbocycles. The Hall–Kier alpha value is -1.90. The van der Waals surface area contributed by atoms with Gasteiger partial charge in [0.2, 0.25) is 5.91 Å². The first-order valence-corrected chi connectivity index (χ1v) is 10.1. The molecule has 146 valence electrons. The van der Waals surface area contributed by atoms with Crippen molar-refractivity contribution < 1.29 is 24.0 Å². The lowest BCUT2D eigenvalue weighted by Gasteiger charge is -2.22. The van der Waals surface area contributed by atoms with Crippen LogP contribution in [0.5, 0.6) is 0 Å². The highest BCUT2D eigenvalue weighted by atomic mass is 32.2. The zero-order chi connectivity index (χ0) is 19.2. The van der Waals surface area contributed by atoms with Gasteiger partial charge in [-0.05, 0) is 37.0 Å². The van der Waals surface area contributed by atoms with Crippen LogP contribution in [0.3, 0.4) is 0 Å². The molecule has 0 bridgehead atoms. The molecule has 0 radical (unpaired) electrons. The van der Waals surface area contributed by atoms with Gasteiger partial charge in [0.15, 0.2) is 6.29 Å². The second-order valence-corrected chi connectivity index (χ2v) is 7.78. The average molecular weight is 392 g/mol. The number of thioether (sulfide) groups is 1. The predicted octanol–water partition coefficient (Wildman–Crippen LogP) is 3.24. The normalized spacial score (nSPS) is 22.9. The highest BCUT2D eigenvalue weighted by Gasteiger charge is 2.38. The van der Waals surface area contributed by atoms with Crippen molar-refractivity contribution in [2.24, 2.45) is 0 Å². The number of ether oxygens (including phenoxy) is 1. The number of hydrogen-bond acceptors (Lipinski definition) is 6. The fourth-order valence-corrected chi connectivity index (χ4v) is 4.12. The van der Waals surface area contributed by atoms with E-state index in [0.717, 1.165) is 43.0 Å². The molecule has 0 spiro atoms. The Balaban J connectivity index is 1.53. The first kappa shape index (κ1) is 19.9. The molecule has 1 aromatic carbocycles. The number of carbonyl (C=O) groups is 3. The van der Waals surface area contributed by atoms with Crippen LogP contribution in [0, 0.1) is 0 Å². The summed E-state index contributed by atoms with van der Waals surface area (Å²) < 4.78 is 5.40. The second kappa shape index (κ2) is 9.34. The number of carbonyl (C=O) groups excluding carboxylic acids is 3. The summed E-state index contributed by atoms with van der Waals surface area (Å²) in [6.45, 7) is 2.86. The van der Waals surface area contributed by atoms with Gasteiger partial charge in [-0.3, -0.25) is 19.3 Å². The zero-order valence-electron chi connectivity index (χ0n) is 15.3. The third kappa shape index (κ3) is 5.09. The molecular weight excluding hydrogens is 368 g/mol. The van der Waals surface area contributed by atoms with E-state index in [-0.39, 0.29) is 28.8 Å². The summed E-state index contributed by atoms with van der Waals surface area (Å²) in [4.78, 5) is 43.1. The van der Waals surface area contributed by atoms with E-state index < -0.39 is 6.29 Å². The summed E-state index contributed by atoms with van der Waals surface area (Å²) in [5, 5.41) is -0.479. The quantitative estimate of drug-likeness (QED) is 0.717. The van der Waals surface area contributed by atoms with Crippen LogP contribution in [0.1, 0.15) is 54.9 Å². The van der Waals surface area contributed by atoms with E-state index in [0.29, 0.717) is 18.6 Å². The number of benzene rings is 1. The van der Waals surface area contributed by atoms with Crippen molar-refractivity contribution >= 4 is 28.8 Å². The molecule has 27 heavy (non-hydrogen) atoms. The third-order valence-corrected chi connectivity index (χ3v) is 5.68. The summed E-state index contributed by atoms with van der Waals surface area (Å²) in [5.41, 5.74) is 3.64. The van der Waals surface area contributed by atoms with E-state index in [1.807, 2.05) is 6.92 Å². The molecule has 2 heterocycles. The Labute approximate surface area is 162 Å². The molecule has 2 aliphatic rings. The molecule has 7 nitrogen and oxygen atoms in total. The largest absolute Gasteiger partial charge is 0.350 e. The van der Waals surface area contributed by atoms with Gasteiger partial charge < -0.3 is 4.74 Å². The van der Waals surface area contributed by atoms with Crippen molar-refractivity contribution in [3.8, 4) is 0 Å². The Kier molecular flexibility index (Phi) is 6.87. The van der Waals surface area contributed by atoms with E-state index in [9.17, 15) is 14.4 Å². The average Bonchev–Trinajstić information content (AvgIpc) is 2.95. The molecular formula is C19H24N2O5S. The minimum absolute atomic E-state index is 0.130. The lowest BCUT2D eigenvalue weighted by atomic mass is 10.1. The first-order chi connectivity index (χ1) is 13.1. The van der Waals surface area contributed by atoms with Crippen molar-refractivity contribution in [2.75, 3.05) is 6.61 Å². The SMILES string of the molecule is CCCC1SC(=O)N(Cc2ccc(C(=O)NOC3CCCCO3)cc2)C1=O. The number of rotatable bonds is 7. The fourth-order valence-electron chi connectivity index (χ4n) is 3.01. The number of nitrogens with one attached hydrogen (secondary N) is 1. The third-order valence-electron chi connectivity index (χ3n) is 4.53. The fraction of sp³-hybridized carbons (Fsp3) is 0.526. The number of nitrogens with zero attached hydrogens (tertiary/aromatic N) is 1. The maximum Gasteiger partial charge on any atom is 0.289 e. The van der Waals surface area contributed by atoms with E-state index in [1.165, 1.54) is 4.90 Å². The molecule has 3 rings (SSSR count). The van der Waals surface area contributed by atoms with Crippen LogP contribution < -0.4 is 5.48 Å². The molecule has 2 fully saturated rings. The maximum absolute atomic E-state index is 12.3.